The third-order valence-corrected chi connectivity index (χ3v) is 4.91. The standard InChI is InChI=1S/C22H46O4.C2H4/c1-5-9-11-21(7-3)19-25-17-15-23-13-14-24-16-18-26-20-22(8-4)12-10-6-2;1-2/h21-22H,5-20H2,1-4H3;1-2H2. The summed E-state index contributed by atoms with van der Waals surface area (Å²) in [5, 5.41) is 0. The van der Waals surface area contributed by atoms with Gasteiger partial charge in [-0.25, -0.2) is 0 Å². The van der Waals surface area contributed by atoms with Crippen molar-refractivity contribution in [1.29, 1.82) is 0 Å². The lowest BCUT2D eigenvalue weighted by atomic mass is 10.0. The van der Waals surface area contributed by atoms with E-state index in [1.807, 2.05) is 0 Å². The van der Waals surface area contributed by atoms with Crippen molar-refractivity contribution >= 4 is 0 Å². The SMILES string of the molecule is C=C.CCCCC(CC)COCCOCCOCCOCC(CC)CCCC. The Morgan fingerprint density at radius 1 is 0.536 bits per heavy atom. The van der Waals surface area contributed by atoms with Gasteiger partial charge in [0.15, 0.2) is 0 Å². The van der Waals surface area contributed by atoms with Gasteiger partial charge < -0.3 is 18.9 Å². The number of hydrogen-bond donors (Lipinski definition) is 0. The van der Waals surface area contributed by atoms with Crippen molar-refractivity contribution < 1.29 is 18.9 Å². The molecule has 0 aromatic heterocycles. The van der Waals surface area contributed by atoms with Crippen molar-refractivity contribution in [2.24, 2.45) is 11.8 Å². The molecule has 28 heavy (non-hydrogen) atoms. The molecular weight excluding hydrogens is 352 g/mol. The minimum atomic E-state index is 0.629. The summed E-state index contributed by atoms with van der Waals surface area (Å²) in [5.41, 5.74) is 0. The number of rotatable bonds is 21. The highest BCUT2D eigenvalue weighted by Crippen LogP contribution is 2.13. The lowest BCUT2D eigenvalue weighted by Gasteiger charge is -2.15. The number of unbranched alkanes of at least 4 members (excludes halogenated alkanes) is 2. The lowest BCUT2D eigenvalue weighted by molar-refractivity contribution is -0.0103. The summed E-state index contributed by atoms with van der Waals surface area (Å²) >= 11 is 0. The van der Waals surface area contributed by atoms with E-state index in [9.17, 15) is 0 Å². The highest BCUT2D eigenvalue weighted by Gasteiger charge is 2.06. The molecule has 0 aromatic rings. The smallest absolute Gasteiger partial charge is 0.0701 e. The predicted molar refractivity (Wildman–Crippen MR) is 121 cm³/mol. The van der Waals surface area contributed by atoms with Crippen LogP contribution in [0.15, 0.2) is 13.2 Å². The quantitative estimate of drug-likeness (QED) is 0.167. The van der Waals surface area contributed by atoms with Crippen molar-refractivity contribution in [2.45, 2.75) is 79.1 Å². The van der Waals surface area contributed by atoms with Crippen LogP contribution in [0.2, 0.25) is 0 Å². The molecule has 0 amide bonds. The molecule has 170 valence electrons. The first-order valence-corrected chi connectivity index (χ1v) is 11.6. The first kappa shape index (κ1) is 29.8. The average Bonchev–Trinajstić information content (AvgIpc) is 2.74. The Balaban J connectivity index is 0. The molecule has 4 nitrogen and oxygen atoms in total. The second-order valence-corrected chi connectivity index (χ2v) is 7.21. The Labute approximate surface area is 176 Å². The summed E-state index contributed by atoms with van der Waals surface area (Å²) in [6.45, 7) is 20.6. The first-order valence-electron chi connectivity index (χ1n) is 11.6. The molecule has 0 heterocycles. The van der Waals surface area contributed by atoms with E-state index in [-0.39, 0.29) is 0 Å². The fraction of sp³-hybridized carbons (Fsp3) is 0.917. The van der Waals surface area contributed by atoms with Crippen LogP contribution >= 0.6 is 0 Å². The molecule has 0 aliphatic carbocycles. The maximum Gasteiger partial charge on any atom is 0.0701 e. The average molecular weight is 403 g/mol. The zero-order valence-corrected chi connectivity index (χ0v) is 19.5. The molecule has 0 aliphatic rings. The fourth-order valence-electron chi connectivity index (χ4n) is 2.85. The van der Waals surface area contributed by atoms with Crippen molar-refractivity contribution in [1.82, 2.24) is 0 Å². The predicted octanol–water partition coefficient (Wildman–Crippen LogP) is 6.29. The Bertz CT molecular complexity index is 247. The molecular formula is C24H50O4. The Hall–Kier alpha value is -0.420. The molecule has 0 N–H and O–H groups in total. The van der Waals surface area contributed by atoms with Crippen LogP contribution in [-0.4, -0.2) is 52.9 Å². The maximum absolute atomic E-state index is 5.72. The van der Waals surface area contributed by atoms with Gasteiger partial charge in [0.25, 0.3) is 0 Å². The largest absolute Gasteiger partial charge is 0.379 e. The molecule has 0 aromatic carbocycles. The van der Waals surface area contributed by atoms with Crippen LogP contribution in [0.25, 0.3) is 0 Å². The van der Waals surface area contributed by atoms with Crippen LogP contribution < -0.4 is 0 Å². The van der Waals surface area contributed by atoms with E-state index in [4.69, 9.17) is 18.9 Å². The van der Waals surface area contributed by atoms with Gasteiger partial charge in [0.1, 0.15) is 0 Å². The molecule has 0 saturated heterocycles. The maximum atomic E-state index is 5.72. The van der Waals surface area contributed by atoms with E-state index in [1.165, 1.54) is 51.4 Å². The zero-order valence-electron chi connectivity index (χ0n) is 19.5. The molecule has 0 radical (unpaired) electrons. The van der Waals surface area contributed by atoms with Gasteiger partial charge in [-0.2, -0.15) is 0 Å². The van der Waals surface area contributed by atoms with Gasteiger partial charge in [-0.3, -0.25) is 0 Å². The van der Waals surface area contributed by atoms with Crippen molar-refractivity contribution in [3.05, 3.63) is 13.2 Å². The third-order valence-electron chi connectivity index (χ3n) is 4.91. The van der Waals surface area contributed by atoms with Gasteiger partial charge in [-0.1, -0.05) is 66.2 Å². The minimum Gasteiger partial charge on any atom is -0.379 e. The molecule has 4 heteroatoms. The van der Waals surface area contributed by atoms with Gasteiger partial charge >= 0.3 is 0 Å². The van der Waals surface area contributed by atoms with E-state index < -0.39 is 0 Å². The molecule has 0 bridgehead atoms. The summed E-state index contributed by atoms with van der Waals surface area (Å²) in [6.07, 6.45) is 10.1. The van der Waals surface area contributed by atoms with Crippen LogP contribution in [0, 0.1) is 11.8 Å². The summed E-state index contributed by atoms with van der Waals surface area (Å²) in [5.74, 6) is 1.40. The molecule has 0 rings (SSSR count). The van der Waals surface area contributed by atoms with Crippen LogP contribution in [-0.2, 0) is 18.9 Å². The second kappa shape index (κ2) is 26.6. The Kier molecular flexibility index (Phi) is 28.3. The Morgan fingerprint density at radius 2 is 0.857 bits per heavy atom. The molecule has 2 unspecified atom stereocenters. The highest BCUT2D eigenvalue weighted by atomic mass is 16.6. The molecule has 0 aliphatic heterocycles. The van der Waals surface area contributed by atoms with Gasteiger partial charge in [0, 0.05) is 13.2 Å². The van der Waals surface area contributed by atoms with E-state index in [0.29, 0.717) is 51.5 Å². The summed E-state index contributed by atoms with van der Waals surface area (Å²) in [6, 6.07) is 0. The topological polar surface area (TPSA) is 36.9 Å². The first-order chi connectivity index (χ1) is 13.8. The summed E-state index contributed by atoms with van der Waals surface area (Å²) < 4.78 is 22.5. The lowest BCUT2D eigenvalue weighted by Crippen LogP contribution is -2.15. The second-order valence-electron chi connectivity index (χ2n) is 7.21. The van der Waals surface area contributed by atoms with Crippen LogP contribution in [0.1, 0.15) is 79.1 Å². The van der Waals surface area contributed by atoms with Crippen LogP contribution in [0.4, 0.5) is 0 Å². The highest BCUT2D eigenvalue weighted by molar-refractivity contribution is 4.56. The Morgan fingerprint density at radius 3 is 1.14 bits per heavy atom. The van der Waals surface area contributed by atoms with Crippen LogP contribution in [0.5, 0.6) is 0 Å². The summed E-state index contributed by atoms with van der Waals surface area (Å²) in [7, 11) is 0. The van der Waals surface area contributed by atoms with Gasteiger partial charge in [-0.05, 0) is 24.7 Å². The fourth-order valence-corrected chi connectivity index (χ4v) is 2.85. The summed E-state index contributed by atoms with van der Waals surface area (Å²) in [4.78, 5) is 0. The van der Waals surface area contributed by atoms with Gasteiger partial charge in [0.05, 0.1) is 39.6 Å². The van der Waals surface area contributed by atoms with Gasteiger partial charge in [-0.15, -0.1) is 13.2 Å². The van der Waals surface area contributed by atoms with Crippen molar-refractivity contribution in [3.63, 3.8) is 0 Å². The molecule has 2 atom stereocenters. The van der Waals surface area contributed by atoms with Crippen molar-refractivity contribution in [2.75, 3.05) is 52.9 Å². The number of ether oxygens (including phenoxy) is 4. The van der Waals surface area contributed by atoms with E-state index >= 15 is 0 Å². The monoisotopic (exact) mass is 402 g/mol. The molecule has 0 fully saturated rings. The van der Waals surface area contributed by atoms with E-state index in [2.05, 4.69) is 40.9 Å². The van der Waals surface area contributed by atoms with E-state index in [0.717, 1.165) is 13.2 Å². The van der Waals surface area contributed by atoms with Crippen molar-refractivity contribution in [3.8, 4) is 0 Å². The van der Waals surface area contributed by atoms with Gasteiger partial charge in [0.2, 0.25) is 0 Å². The number of hydrogen-bond acceptors (Lipinski definition) is 4. The van der Waals surface area contributed by atoms with Crippen LogP contribution in [0.3, 0.4) is 0 Å². The normalized spacial score (nSPS) is 13.0. The molecule has 0 saturated carbocycles. The minimum absolute atomic E-state index is 0.629. The molecule has 0 spiro atoms. The van der Waals surface area contributed by atoms with E-state index in [1.54, 1.807) is 0 Å². The third kappa shape index (κ3) is 21.9. The zero-order chi connectivity index (χ0) is 21.3.